The third kappa shape index (κ3) is 5.38. The molecular weight excluding hydrogens is 264 g/mol. The van der Waals surface area contributed by atoms with E-state index in [0.29, 0.717) is 5.92 Å². The maximum Gasteiger partial charge on any atom is 0.258 e. The van der Waals surface area contributed by atoms with Crippen molar-refractivity contribution < 1.29 is 9.53 Å². The van der Waals surface area contributed by atoms with Crippen LogP contribution in [0.5, 0.6) is 5.75 Å². The molecule has 1 aromatic rings. The molecule has 0 radical (unpaired) electrons. The van der Waals surface area contributed by atoms with Crippen LogP contribution in [0.1, 0.15) is 44.9 Å². The first-order valence-electron chi connectivity index (χ1n) is 7.55. The standard InChI is InChI=1S/C17H28N2O2/c1-11(2)13(4)19-17(20)10-21-16-9-12(3)7-8-15(16)14(5)18-6/h7-9,11,13-14,18H,10H2,1-6H3,(H,19,20). The Bertz CT molecular complexity index is 472. The van der Waals surface area contributed by atoms with Crippen LogP contribution < -0.4 is 15.4 Å². The topological polar surface area (TPSA) is 50.4 Å². The molecule has 0 fully saturated rings. The smallest absolute Gasteiger partial charge is 0.258 e. The van der Waals surface area contributed by atoms with Crippen molar-refractivity contribution in [1.29, 1.82) is 0 Å². The molecule has 1 amide bonds. The van der Waals surface area contributed by atoms with Crippen molar-refractivity contribution in [3.63, 3.8) is 0 Å². The first kappa shape index (κ1) is 17.5. The average Bonchev–Trinajstić information content (AvgIpc) is 2.44. The van der Waals surface area contributed by atoms with Crippen LogP contribution in [0.25, 0.3) is 0 Å². The number of aryl methyl sites for hydroxylation is 1. The van der Waals surface area contributed by atoms with Crippen LogP contribution in [0.4, 0.5) is 0 Å². The lowest BCUT2D eigenvalue weighted by Gasteiger charge is -2.19. The van der Waals surface area contributed by atoms with E-state index in [1.54, 1.807) is 0 Å². The Labute approximate surface area is 128 Å². The summed E-state index contributed by atoms with van der Waals surface area (Å²) in [6.45, 7) is 10.3. The van der Waals surface area contributed by atoms with E-state index in [9.17, 15) is 4.79 Å². The average molecular weight is 292 g/mol. The first-order valence-corrected chi connectivity index (χ1v) is 7.55. The molecule has 0 heterocycles. The van der Waals surface area contributed by atoms with E-state index in [1.165, 1.54) is 0 Å². The van der Waals surface area contributed by atoms with Crippen LogP contribution in [0.3, 0.4) is 0 Å². The number of rotatable bonds is 7. The zero-order valence-corrected chi connectivity index (χ0v) is 14.0. The molecule has 118 valence electrons. The number of carbonyl (C=O) groups excluding carboxylic acids is 1. The fraction of sp³-hybridized carbons (Fsp3) is 0.588. The lowest BCUT2D eigenvalue weighted by atomic mass is 10.1. The van der Waals surface area contributed by atoms with Crippen molar-refractivity contribution in [2.24, 2.45) is 5.92 Å². The van der Waals surface area contributed by atoms with E-state index in [2.05, 4.69) is 37.5 Å². The molecule has 0 aliphatic heterocycles. The molecule has 2 unspecified atom stereocenters. The number of hydrogen-bond acceptors (Lipinski definition) is 3. The van der Waals surface area contributed by atoms with Gasteiger partial charge in [0.2, 0.25) is 0 Å². The van der Waals surface area contributed by atoms with Crippen LogP contribution >= 0.6 is 0 Å². The lowest BCUT2D eigenvalue weighted by Crippen LogP contribution is -2.39. The van der Waals surface area contributed by atoms with Gasteiger partial charge in [0, 0.05) is 17.6 Å². The lowest BCUT2D eigenvalue weighted by molar-refractivity contribution is -0.124. The minimum atomic E-state index is -0.0826. The highest BCUT2D eigenvalue weighted by atomic mass is 16.5. The van der Waals surface area contributed by atoms with Gasteiger partial charge in [-0.15, -0.1) is 0 Å². The normalized spacial score (nSPS) is 13.9. The Morgan fingerprint density at radius 3 is 2.48 bits per heavy atom. The molecule has 21 heavy (non-hydrogen) atoms. The molecule has 4 nitrogen and oxygen atoms in total. The van der Waals surface area contributed by atoms with Gasteiger partial charge in [-0.25, -0.2) is 0 Å². The van der Waals surface area contributed by atoms with Crippen molar-refractivity contribution in [2.45, 2.75) is 46.7 Å². The summed E-state index contributed by atoms with van der Waals surface area (Å²) in [6, 6.07) is 6.40. The molecule has 0 saturated carbocycles. The van der Waals surface area contributed by atoms with Gasteiger partial charge in [-0.05, 0) is 45.4 Å². The molecule has 0 saturated heterocycles. The minimum Gasteiger partial charge on any atom is -0.483 e. The number of ether oxygens (including phenoxy) is 1. The second kappa shape index (κ2) is 8.03. The molecular formula is C17H28N2O2. The molecule has 0 aliphatic carbocycles. The Morgan fingerprint density at radius 1 is 1.24 bits per heavy atom. The van der Waals surface area contributed by atoms with E-state index in [1.807, 2.05) is 33.0 Å². The molecule has 1 rings (SSSR count). The van der Waals surface area contributed by atoms with Crippen molar-refractivity contribution in [2.75, 3.05) is 13.7 Å². The van der Waals surface area contributed by atoms with Crippen molar-refractivity contribution in [3.05, 3.63) is 29.3 Å². The van der Waals surface area contributed by atoms with Gasteiger partial charge in [0.15, 0.2) is 6.61 Å². The summed E-state index contributed by atoms with van der Waals surface area (Å²) in [5.74, 6) is 1.10. The fourth-order valence-electron chi connectivity index (χ4n) is 1.89. The predicted octanol–water partition coefficient (Wildman–Crippen LogP) is 2.81. The monoisotopic (exact) mass is 292 g/mol. The Morgan fingerprint density at radius 2 is 1.90 bits per heavy atom. The van der Waals surface area contributed by atoms with Crippen LogP contribution in [0.15, 0.2) is 18.2 Å². The second-order valence-corrected chi connectivity index (χ2v) is 5.94. The number of amides is 1. The minimum absolute atomic E-state index is 0.0456. The van der Waals surface area contributed by atoms with Gasteiger partial charge in [0.05, 0.1) is 0 Å². The third-order valence-corrected chi connectivity index (χ3v) is 3.82. The van der Waals surface area contributed by atoms with Crippen LogP contribution in [0.2, 0.25) is 0 Å². The molecule has 0 aromatic heterocycles. The number of hydrogen-bond donors (Lipinski definition) is 2. The summed E-state index contributed by atoms with van der Waals surface area (Å²) in [5, 5.41) is 6.14. The third-order valence-electron chi connectivity index (χ3n) is 3.82. The van der Waals surface area contributed by atoms with E-state index >= 15 is 0 Å². The highest BCUT2D eigenvalue weighted by Gasteiger charge is 2.14. The molecule has 4 heteroatoms. The Balaban J connectivity index is 2.70. The van der Waals surface area contributed by atoms with Gasteiger partial charge in [0.25, 0.3) is 5.91 Å². The van der Waals surface area contributed by atoms with E-state index < -0.39 is 0 Å². The van der Waals surface area contributed by atoms with Gasteiger partial charge in [-0.2, -0.15) is 0 Å². The molecule has 2 N–H and O–H groups in total. The zero-order chi connectivity index (χ0) is 16.0. The van der Waals surface area contributed by atoms with Crippen LogP contribution in [0, 0.1) is 12.8 Å². The molecule has 1 aromatic carbocycles. The highest BCUT2D eigenvalue weighted by Crippen LogP contribution is 2.26. The zero-order valence-electron chi connectivity index (χ0n) is 14.0. The van der Waals surface area contributed by atoms with Crippen molar-refractivity contribution >= 4 is 5.91 Å². The molecule has 0 aliphatic rings. The van der Waals surface area contributed by atoms with E-state index in [-0.39, 0.29) is 24.6 Å². The van der Waals surface area contributed by atoms with Crippen molar-refractivity contribution in [3.8, 4) is 5.75 Å². The highest BCUT2D eigenvalue weighted by molar-refractivity contribution is 5.77. The number of nitrogens with one attached hydrogen (secondary N) is 2. The summed E-state index contributed by atoms with van der Waals surface area (Å²) in [6.07, 6.45) is 0. The summed E-state index contributed by atoms with van der Waals surface area (Å²) in [7, 11) is 1.91. The maximum atomic E-state index is 11.9. The molecule has 0 bridgehead atoms. The summed E-state index contributed by atoms with van der Waals surface area (Å²) < 4.78 is 5.73. The summed E-state index contributed by atoms with van der Waals surface area (Å²) in [4.78, 5) is 11.9. The van der Waals surface area contributed by atoms with Gasteiger partial charge in [0.1, 0.15) is 5.75 Å². The largest absolute Gasteiger partial charge is 0.483 e. The Kier molecular flexibility index (Phi) is 6.69. The first-order chi connectivity index (χ1) is 9.85. The van der Waals surface area contributed by atoms with Crippen LogP contribution in [-0.4, -0.2) is 25.6 Å². The second-order valence-electron chi connectivity index (χ2n) is 5.94. The SMILES string of the molecule is CNC(C)c1ccc(C)cc1OCC(=O)NC(C)C(C)C. The van der Waals surface area contributed by atoms with Crippen LogP contribution in [-0.2, 0) is 4.79 Å². The predicted molar refractivity (Wildman–Crippen MR) is 86.6 cm³/mol. The Hall–Kier alpha value is -1.55. The summed E-state index contributed by atoms with van der Waals surface area (Å²) >= 11 is 0. The van der Waals surface area contributed by atoms with Gasteiger partial charge >= 0.3 is 0 Å². The van der Waals surface area contributed by atoms with Gasteiger partial charge < -0.3 is 15.4 Å². The van der Waals surface area contributed by atoms with E-state index in [4.69, 9.17) is 4.74 Å². The van der Waals surface area contributed by atoms with Gasteiger partial charge in [-0.1, -0.05) is 26.0 Å². The number of benzene rings is 1. The number of carbonyl (C=O) groups is 1. The van der Waals surface area contributed by atoms with Gasteiger partial charge in [-0.3, -0.25) is 4.79 Å². The van der Waals surface area contributed by atoms with Crippen molar-refractivity contribution in [1.82, 2.24) is 10.6 Å². The van der Waals surface area contributed by atoms with E-state index in [0.717, 1.165) is 16.9 Å². The quantitative estimate of drug-likeness (QED) is 0.812. The maximum absolute atomic E-state index is 11.9. The molecule has 2 atom stereocenters. The fourth-order valence-corrected chi connectivity index (χ4v) is 1.89. The molecule has 0 spiro atoms. The summed E-state index contributed by atoms with van der Waals surface area (Å²) in [5.41, 5.74) is 2.18.